The molecular formula is C12H15NO3S. The highest BCUT2D eigenvalue weighted by atomic mass is 32.1. The van der Waals surface area contributed by atoms with E-state index >= 15 is 0 Å². The first kappa shape index (κ1) is 12.3. The number of furan rings is 1. The molecule has 2 heterocycles. The van der Waals surface area contributed by atoms with Gasteiger partial charge in [0.15, 0.2) is 0 Å². The summed E-state index contributed by atoms with van der Waals surface area (Å²) < 4.78 is 5.07. The summed E-state index contributed by atoms with van der Waals surface area (Å²) in [7, 11) is 0. The van der Waals surface area contributed by atoms with Crippen LogP contribution in [-0.2, 0) is 0 Å². The number of aliphatic hydroxyl groups excluding tert-OH is 2. The number of aliphatic hydroxyl groups is 2. The van der Waals surface area contributed by atoms with Gasteiger partial charge in [0, 0.05) is 13.1 Å². The van der Waals surface area contributed by atoms with Gasteiger partial charge in [-0.3, -0.25) is 0 Å². The molecule has 0 fully saturated rings. The molecular weight excluding hydrogens is 238 g/mol. The van der Waals surface area contributed by atoms with Crippen LogP contribution >= 0.6 is 11.3 Å². The zero-order valence-electron chi connectivity index (χ0n) is 9.24. The van der Waals surface area contributed by atoms with Gasteiger partial charge in [-0.2, -0.15) is 11.3 Å². The molecule has 3 N–H and O–H groups in total. The molecule has 0 aliphatic rings. The predicted octanol–water partition coefficient (Wildman–Crippen LogP) is 1.70. The minimum Gasteiger partial charge on any atom is -0.467 e. The van der Waals surface area contributed by atoms with E-state index in [4.69, 9.17) is 4.42 Å². The van der Waals surface area contributed by atoms with E-state index in [1.54, 1.807) is 23.5 Å². The van der Waals surface area contributed by atoms with E-state index in [0.29, 0.717) is 18.8 Å². The highest BCUT2D eigenvalue weighted by Crippen LogP contribution is 2.16. The van der Waals surface area contributed by atoms with Crippen LogP contribution in [-0.4, -0.2) is 23.3 Å². The standard InChI is InChI=1S/C12H15NO3S/c14-10(9-3-5-17-8-9)6-13-7-11(15)12-2-1-4-16-12/h1-5,8,10-11,13-15H,6-7H2. The molecule has 0 saturated carbocycles. The maximum atomic E-state index is 9.79. The summed E-state index contributed by atoms with van der Waals surface area (Å²) in [5.74, 6) is 0.530. The van der Waals surface area contributed by atoms with Crippen LogP contribution in [0.3, 0.4) is 0 Å². The Morgan fingerprint density at radius 3 is 2.71 bits per heavy atom. The van der Waals surface area contributed by atoms with Crippen molar-refractivity contribution < 1.29 is 14.6 Å². The van der Waals surface area contributed by atoms with Crippen LogP contribution in [0.25, 0.3) is 0 Å². The van der Waals surface area contributed by atoms with E-state index in [1.807, 2.05) is 16.8 Å². The van der Waals surface area contributed by atoms with Crippen molar-refractivity contribution in [2.24, 2.45) is 0 Å². The largest absolute Gasteiger partial charge is 0.467 e. The molecule has 0 saturated heterocycles. The highest BCUT2D eigenvalue weighted by molar-refractivity contribution is 7.07. The lowest BCUT2D eigenvalue weighted by Gasteiger charge is -2.12. The van der Waals surface area contributed by atoms with Gasteiger partial charge in [-0.1, -0.05) is 0 Å². The topological polar surface area (TPSA) is 65.6 Å². The van der Waals surface area contributed by atoms with E-state index in [9.17, 15) is 10.2 Å². The molecule has 0 bridgehead atoms. The van der Waals surface area contributed by atoms with Crippen LogP contribution in [0, 0.1) is 0 Å². The third-order valence-corrected chi connectivity index (χ3v) is 3.18. The van der Waals surface area contributed by atoms with Gasteiger partial charge in [0.25, 0.3) is 0 Å². The lowest BCUT2D eigenvalue weighted by Crippen LogP contribution is -2.26. The number of rotatable bonds is 6. The Morgan fingerprint density at radius 1 is 1.24 bits per heavy atom. The molecule has 17 heavy (non-hydrogen) atoms. The lowest BCUT2D eigenvalue weighted by atomic mass is 10.2. The lowest BCUT2D eigenvalue weighted by molar-refractivity contribution is 0.131. The van der Waals surface area contributed by atoms with Crippen molar-refractivity contribution in [2.75, 3.05) is 13.1 Å². The highest BCUT2D eigenvalue weighted by Gasteiger charge is 2.12. The molecule has 0 spiro atoms. The summed E-state index contributed by atoms with van der Waals surface area (Å²) >= 11 is 1.55. The van der Waals surface area contributed by atoms with E-state index in [1.165, 1.54) is 6.26 Å². The Morgan fingerprint density at radius 2 is 2.06 bits per heavy atom. The van der Waals surface area contributed by atoms with Crippen molar-refractivity contribution in [3.05, 3.63) is 46.5 Å². The molecule has 2 aromatic rings. The number of hydrogen-bond acceptors (Lipinski definition) is 5. The summed E-state index contributed by atoms with van der Waals surface area (Å²) in [6, 6.07) is 5.35. The van der Waals surface area contributed by atoms with Gasteiger partial charge in [-0.15, -0.1) is 0 Å². The van der Waals surface area contributed by atoms with Crippen LogP contribution in [0.1, 0.15) is 23.5 Å². The van der Waals surface area contributed by atoms with Gasteiger partial charge in [0.1, 0.15) is 11.9 Å². The Kier molecular flexibility index (Phi) is 4.33. The van der Waals surface area contributed by atoms with Crippen LogP contribution in [0.4, 0.5) is 0 Å². The second kappa shape index (κ2) is 5.97. The molecule has 0 amide bonds. The van der Waals surface area contributed by atoms with Gasteiger partial charge in [-0.25, -0.2) is 0 Å². The Balaban J connectivity index is 1.73. The fraction of sp³-hybridized carbons (Fsp3) is 0.333. The third-order valence-electron chi connectivity index (χ3n) is 2.47. The fourth-order valence-electron chi connectivity index (χ4n) is 1.52. The first-order chi connectivity index (χ1) is 8.27. The first-order valence-electron chi connectivity index (χ1n) is 5.39. The molecule has 2 aromatic heterocycles. The first-order valence-corrected chi connectivity index (χ1v) is 6.34. The maximum Gasteiger partial charge on any atom is 0.133 e. The summed E-state index contributed by atoms with van der Waals surface area (Å²) in [4.78, 5) is 0. The SMILES string of the molecule is OC(CNCC(O)c1ccco1)c1ccsc1. The molecule has 5 heteroatoms. The molecule has 0 aromatic carbocycles. The summed E-state index contributed by atoms with van der Waals surface area (Å²) in [6.45, 7) is 0.767. The van der Waals surface area contributed by atoms with Crippen molar-refractivity contribution in [3.63, 3.8) is 0 Å². The van der Waals surface area contributed by atoms with E-state index < -0.39 is 12.2 Å². The van der Waals surface area contributed by atoms with Crippen LogP contribution in [0.2, 0.25) is 0 Å². The van der Waals surface area contributed by atoms with Crippen molar-refractivity contribution in [1.29, 1.82) is 0 Å². The molecule has 0 aliphatic carbocycles. The molecule has 92 valence electrons. The quantitative estimate of drug-likeness (QED) is 0.733. The summed E-state index contributed by atoms with van der Waals surface area (Å²) in [6.07, 6.45) is 0.309. The smallest absolute Gasteiger partial charge is 0.133 e. The van der Waals surface area contributed by atoms with E-state index in [0.717, 1.165) is 5.56 Å². The number of hydrogen-bond donors (Lipinski definition) is 3. The van der Waals surface area contributed by atoms with Crippen LogP contribution < -0.4 is 5.32 Å². The van der Waals surface area contributed by atoms with Crippen LogP contribution in [0.5, 0.6) is 0 Å². The number of thiophene rings is 1. The van der Waals surface area contributed by atoms with E-state index in [2.05, 4.69) is 5.32 Å². The second-order valence-corrected chi connectivity index (χ2v) is 4.54. The average Bonchev–Trinajstić information content (AvgIpc) is 3.02. The maximum absolute atomic E-state index is 9.79. The molecule has 2 rings (SSSR count). The van der Waals surface area contributed by atoms with Crippen molar-refractivity contribution in [3.8, 4) is 0 Å². The second-order valence-electron chi connectivity index (χ2n) is 3.76. The normalized spacial score (nSPS) is 14.7. The summed E-state index contributed by atoms with van der Waals surface area (Å²) in [5, 5.41) is 26.4. The van der Waals surface area contributed by atoms with Gasteiger partial charge in [0.05, 0.1) is 12.4 Å². The zero-order chi connectivity index (χ0) is 12.1. The van der Waals surface area contributed by atoms with E-state index in [-0.39, 0.29) is 0 Å². The predicted molar refractivity (Wildman–Crippen MR) is 65.8 cm³/mol. The van der Waals surface area contributed by atoms with Crippen molar-refractivity contribution >= 4 is 11.3 Å². The summed E-state index contributed by atoms with van der Waals surface area (Å²) in [5.41, 5.74) is 0.898. The fourth-order valence-corrected chi connectivity index (χ4v) is 2.23. The number of nitrogens with one attached hydrogen (secondary N) is 1. The zero-order valence-corrected chi connectivity index (χ0v) is 10.1. The Hall–Kier alpha value is -1.14. The molecule has 0 radical (unpaired) electrons. The van der Waals surface area contributed by atoms with Crippen molar-refractivity contribution in [2.45, 2.75) is 12.2 Å². The molecule has 2 unspecified atom stereocenters. The third kappa shape index (κ3) is 3.41. The average molecular weight is 253 g/mol. The monoisotopic (exact) mass is 253 g/mol. The van der Waals surface area contributed by atoms with Gasteiger partial charge in [0.2, 0.25) is 0 Å². The van der Waals surface area contributed by atoms with Crippen LogP contribution in [0.15, 0.2) is 39.6 Å². The minimum absolute atomic E-state index is 0.356. The van der Waals surface area contributed by atoms with Crippen molar-refractivity contribution in [1.82, 2.24) is 5.32 Å². The van der Waals surface area contributed by atoms with Gasteiger partial charge in [-0.05, 0) is 34.5 Å². The Labute approximate surface area is 104 Å². The minimum atomic E-state index is -0.681. The molecule has 2 atom stereocenters. The van der Waals surface area contributed by atoms with Gasteiger partial charge < -0.3 is 19.9 Å². The van der Waals surface area contributed by atoms with Gasteiger partial charge >= 0.3 is 0 Å². The molecule has 0 aliphatic heterocycles. The Bertz CT molecular complexity index is 373. The molecule has 4 nitrogen and oxygen atoms in total.